The van der Waals surface area contributed by atoms with Crippen LogP contribution in [-0.4, -0.2) is 71.3 Å². The van der Waals surface area contributed by atoms with Crippen molar-refractivity contribution in [1.82, 2.24) is 4.90 Å². The summed E-state index contributed by atoms with van der Waals surface area (Å²) in [4.78, 5) is 12.3. The van der Waals surface area contributed by atoms with Crippen LogP contribution >= 0.6 is 0 Å². The summed E-state index contributed by atoms with van der Waals surface area (Å²) in [5.74, 6) is -1.31. The summed E-state index contributed by atoms with van der Waals surface area (Å²) in [6.45, 7) is 1.06. The zero-order valence-electron chi connectivity index (χ0n) is 7.51. The third-order valence-electron chi connectivity index (χ3n) is 2.16. The van der Waals surface area contributed by atoms with Gasteiger partial charge in [-0.05, 0) is 7.05 Å². The van der Waals surface area contributed by atoms with Crippen LogP contribution < -0.4 is 0 Å². The number of carbonyl (C=O) groups is 1. The maximum absolute atomic E-state index is 13.2. The predicted molar refractivity (Wildman–Crippen MR) is 44.0 cm³/mol. The molecule has 12 heavy (non-hydrogen) atoms. The van der Waals surface area contributed by atoms with Crippen molar-refractivity contribution >= 4 is 35.5 Å². The Balaban J connectivity index is 0.00000121. The normalized spacial score (nSPS) is 22.8. The number of halogens is 1. The Hall–Kier alpha value is 0.360. The van der Waals surface area contributed by atoms with Gasteiger partial charge in [0.15, 0.2) is 0 Å². The van der Waals surface area contributed by atoms with E-state index in [2.05, 4.69) is 0 Å². The SMILES string of the molecule is CN1CCC(F)(C(=O)O)CC1.[Na]. The first-order valence-electron chi connectivity index (χ1n) is 3.65. The molecule has 1 aliphatic rings. The van der Waals surface area contributed by atoms with Crippen molar-refractivity contribution in [3.63, 3.8) is 0 Å². The standard InChI is InChI=1S/C7H12FNO2.Na/c1-9-4-2-7(8,3-5-9)6(10)11;/h2-5H2,1H3,(H,10,11);. The van der Waals surface area contributed by atoms with Crippen molar-refractivity contribution in [3.05, 3.63) is 0 Å². The molecule has 1 rings (SSSR count). The van der Waals surface area contributed by atoms with Crippen LogP contribution in [0.4, 0.5) is 4.39 Å². The van der Waals surface area contributed by atoms with E-state index in [-0.39, 0.29) is 42.4 Å². The average molecular weight is 184 g/mol. The van der Waals surface area contributed by atoms with Crippen LogP contribution in [0, 0.1) is 0 Å². The number of piperidine rings is 1. The quantitative estimate of drug-likeness (QED) is 0.588. The van der Waals surface area contributed by atoms with E-state index < -0.39 is 11.6 Å². The fourth-order valence-electron chi connectivity index (χ4n) is 1.19. The molecule has 1 aliphatic heterocycles. The minimum Gasteiger partial charge on any atom is -0.479 e. The number of aliphatic carboxylic acids is 1. The first kappa shape index (κ1) is 12.4. The predicted octanol–water partition coefficient (Wildman–Crippen LogP) is 0.124. The summed E-state index contributed by atoms with van der Waals surface area (Å²) in [5, 5.41) is 8.49. The van der Waals surface area contributed by atoms with Gasteiger partial charge < -0.3 is 10.0 Å². The monoisotopic (exact) mass is 184 g/mol. The molecule has 0 aromatic heterocycles. The molecule has 65 valence electrons. The molecular weight excluding hydrogens is 172 g/mol. The minimum absolute atomic E-state index is 0. The number of likely N-dealkylation sites (tertiary alicyclic amines) is 1. The third kappa shape index (κ3) is 2.69. The van der Waals surface area contributed by atoms with Crippen molar-refractivity contribution < 1.29 is 14.3 Å². The Morgan fingerprint density at radius 1 is 1.50 bits per heavy atom. The molecule has 1 heterocycles. The molecule has 1 N–H and O–H groups in total. The number of alkyl halides is 1. The molecule has 1 radical (unpaired) electrons. The van der Waals surface area contributed by atoms with E-state index in [1.54, 1.807) is 0 Å². The second-order valence-corrected chi connectivity index (χ2v) is 3.07. The topological polar surface area (TPSA) is 40.5 Å². The Kier molecular flexibility index (Phi) is 4.69. The molecule has 0 atom stereocenters. The van der Waals surface area contributed by atoms with Gasteiger partial charge in [-0.3, -0.25) is 0 Å². The third-order valence-corrected chi connectivity index (χ3v) is 2.16. The van der Waals surface area contributed by atoms with Gasteiger partial charge in [0.25, 0.3) is 0 Å². The first-order valence-corrected chi connectivity index (χ1v) is 3.65. The van der Waals surface area contributed by atoms with E-state index in [9.17, 15) is 9.18 Å². The number of carboxylic acids is 1. The average Bonchev–Trinajstić information content (AvgIpc) is 1.95. The van der Waals surface area contributed by atoms with Crippen LogP contribution in [0.15, 0.2) is 0 Å². The van der Waals surface area contributed by atoms with Crippen LogP contribution in [0.1, 0.15) is 12.8 Å². The van der Waals surface area contributed by atoms with E-state index >= 15 is 0 Å². The molecular formula is C7H12FNNaO2. The van der Waals surface area contributed by atoms with Crippen LogP contribution in [0.5, 0.6) is 0 Å². The second-order valence-electron chi connectivity index (χ2n) is 3.07. The molecule has 0 aromatic carbocycles. The molecule has 0 saturated carbocycles. The van der Waals surface area contributed by atoms with Crippen molar-refractivity contribution in [1.29, 1.82) is 0 Å². The van der Waals surface area contributed by atoms with Crippen molar-refractivity contribution in [3.8, 4) is 0 Å². The number of hydrogen-bond donors (Lipinski definition) is 1. The molecule has 0 aromatic rings. The smallest absolute Gasteiger partial charge is 0.341 e. The largest absolute Gasteiger partial charge is 0.479 e. The van der Waals surface area contributed by atoms with Crippen LogP contribution in [-0.2, 0) is 4.79 Å². The van der Waals surface area contributed by atoms with Gasteiger partial charge in [0, 0.05) is 55.5 Å². The Morgan fingerprint density at radius 3 is 2.25 bits per heavy atom. The Labute approximate surface area is 93.2 Å². The molecule has 0 bridgehead atoms. The zero-order chi connectivity index (χ0) is 8.48. The van der Waals surface area contributed by atoms with Gasteiger partial charge in [-0.2, -0.15) is 0 Å². The van der Waals surface area contributed by atoms with E-state index in [4.69, 9.17) is 5.11 Å². The van der Waals surface area contributed by atoms with E-state index in [0.29, 0.717) is 13.1 Å². The molecule has 1 fully saturated rings. The second kappa shape index (κ2) is 4.56. The Morgan fingerprint density at radius 2 is 1.92 bits per heavy atom. The summed E-state index contributed by atoms with van der Waals surface area (Å²) in [7, 11) is 1.86. The van der Waals surface area contributed by atoms with Gasteiger partial charge in [-0.1, -0.05) is 0 Å². The minimum atomic E-state index is -1.97. The number of rotatable bonds is 1. The van der Waals surface area contributed by atoms with Crippen LogP contribution in [0.25, 0.3) is 0 Å². The number of hydrogen-bond acceptors (Lipinski definition) is 2. The van der Waals surface area contributed by atoms with E-state index in [1.165, 1.54) is 0 Å². The molecule has 3 nitrogen and oxygen atoms in total. The summed E-state index contributed by atoms with van der Waals surface area (Å²) in [5.41, 5.74) is -1.97. The van der Waals surface area contributed by atoms with Crippen LogP contribution in [0.2, 0.25) is 0 Å². The Bertz CT molecular complexity index is 169. The number of nitrogens with zero attached hydrogens (tertiary/aromatic N) is 1. The van der Waals surface area contributed by atoms with Gasteiger partial charge in [0.1, 0.15) is 0 Å². The molecule has 0 amide bonds. The maximum Gasteiger partial charge on any atom is 0.341 e. The van der Waals surface area contributed by atoms with E-state index in [1.807, 2.05) is 11.9 Å². The fraction of sp³-hybridized carbons (Fsp3) is 0.857. The van der Waals surface area contributed by atoms with Gasteiger partial charge >= 0.3 is 5.97 Å². The van der Waals surface area contributed by atoms with Gasteiger partial charge in [-0.15, -0.1) is 0 Å². The maximum atomic E-state index is 13.2. The number of carboxylic acid groups (broad SMARTS) is 1. The summed E-state index contributed by atoms with van der Waals surface area (Å²) >= 11 is 0. The molecule has 0 aliphatic carbocycles. The van der Waals surface area contributed by atoms with E-state index in [0.717, 1.165) is 0 Å². The first-order chi connectivity index (χ1) is 5.04. The zero-order valence-corrected chi connectivity index (χ0v) is 9.51. The molecule has 5 heteroatoms. The van der Waals surface area contributed by atoms with Crippen molar-refractivity contribution in [2.45, 2.75) is 18.5 Å². The fourth-order valence-corrected chi connectivity index (χ4v) is 1.19. The van der Waals surface area contributed by atoms with Crippen molar-refractivity contribution in [2.75, 3.05) is 20.1 Å². The summed E-state index contributed by atoms with van der Waals surface area (Å²) in [6.07, 6.45) is 0.220. The molecule has 1 saturated heterocycles. The molecule has 0 spiro atoms. The van der Waals surface area contributed by atoms with Gasteiger partial charge in [0.2, 0.25) is 5.67 Å². The van der Waals surface area contributed by atoms with Gasteiger partial charge in [-0.25, -0.2) is 9.18 Å². The van der Waals surface area contributed by atoms with Crippen LogP contribution in [0.3, 0.4) is 0 Å². The summed E-state index contributed by atoms with van der Waals surface area (Å²) in [6, 6.07) is 0. The summed E-state index contributed by atoms with van der Waals surface area (Å²) < 4.78 is 13.2. The van der Waals surface area contributed by atoms with Gasteiger partial charge in [0.05, 0.1) is 0 Å². The van der Waals surface area contributed by atoms with Crippen molar-refractivity contribution in [2.24, 2.45) is 0 Å². The molecule has 0 unspecified atom stereocenters.